The largest absolute Gasteiger partial charge is 0.347 e. The number of hydrogen-bond acceptors (Lipinski definition) is 2. The highest BCUT2D eigenvalue weighted by Crippen LogP contribution is 2.24. The average molecular weight is 346 g/mol. The van der Waals surface area contributed by atoms with Gasteiger partial charge in [0.15, 0.2) is 0 Å². The quantitative estimate of drug-likeness (QED) is 0.506. The third-order valence-corrected chi connectivity index (χ3v) is 4.48. The van der Waals surface area contributed by atoms with Gasteiger partial charge in [0, 0.05) is 44.8 Å². The molecule has 0 unspecified atom stereocenters. The lowest BCUT2D eigenvalue weighted by Crippen LogP contribution is -2.06. The second kappa shape index (κ2) is 7.07. The molecule has 0 amide bonds. The molecule has 0 bridgehead atoms. The van der Waals surface area contributed by atoms with Crippen molar-refractivity contribution in [2.45, 2.75) is 20.0 Å². The number of aryl methyl sites for hydroxylation is 1. The number of nitrogens with one attached hydrogen (secondary N) is 1. The summed E-state index contributed by atoms with van der Waals surface area (Å²) in [6.07, 6.45) is 3.94. The molecule has 3 rings (SSSR count). The van der Waals surface area contributed by atoms with Gasteiger partial charge in [-0.1, -0.05) is 47.5 Å². The predicted molar refractivity (Wildman–Crippen MR) is 98.5 cm³/mol. The van der Waals surface area contributed by atoms with E-state index in [-0.39, 0.29) is 0 Å². The Morgan fingerprint density at radius 2 is 1.83 bits per heavy atom. The lowest BCUT2D eigenvalue weighted by molar-refractivity contribution is 0.748. The van der Waals surface area contributed by atoms with Crippen LogP contribution in [0.4, 0.5) is 0 Å². The van der Waals surface area contributed by atoms with Gasteiger partial charge in [0.2, 0.25) is 0 Å². The summed E-state index contributed by atoms with van der Waals surface area (Å²) in [6, 6.07) is 13.8. The molecule has 1 aromatic heterocycles. The first-order valence-corrected chi connectivity index (χ1v) is 8.23. The molecular weight excluding hydrogens is 329 g/mol. The normalized spacial score (nSPS) is 11.4. The molecule has 0 saturated carbocycles. The van der Waals surface area contributed by atoms with Crippen LogP contribution in [0.1, 0.15) is 18.1 Å². The second-order valence-electron chi connectivity index (χ2n) is 5.18. The number of halogens is 2. The Balaban J connectivity index is 1.76. The summed E-state index contributed by atoms with van der Waals surface area (Å²) in [4.78, 5) is 0. The van der Waals surface area contributed by atoms with E-state index < -0.39 is 0 Å². The number of fused-ring (bicyclic) bond motifs is 1. The summed E-state index contributed by atoms with van der Waals surface area (Å²) in [5.74, 6) is 0. The topological polar surface area (TPSA) is 29.3 Å². The lowest BCUT2D eigenvalue weighted by Gasteiger charge is -2.05. The van der Waals surface area contributed by atoms with Crippen molar-refractivity contribution >= 4 is 40.3 Å². The first-order valence-electron chi connectivity index (χ1n) is 7.47. The summed E-state index contributed by atoms with van der Waals surface area (Å²) in [7, 11) is 0. The first-order chi connectivity index (χ1) is 11.2. The highest BCUT2D eigenvalue weighted by atomic mass is 35.5. The molecule has 2 aromatic carbocycles. The molecule has 5 heteroatoms. The molecule has 0 atom stereocenters. The van der Waals surface area contributed by atoms with Crippen molar-refractivity contribution in [2.75, 3.05) is 0 Å². The van der Waals surface area contributed by atoms with Crippen molar-refractivity contribution in [1.82, 2.24) is 9.99 Å². The minimum atomic E-state index is 0.488. The molecule has 0 aliphatic carbocycles. The Morgan fingerprint density at radius 3 is 2.57 bits per heavy atom. The Labute approximate surface area is 145 Å². The van der Waals surface area contributed by atoms with E-state index >= 15 is 0 Å². The van der Waals surface area contributed by atoms with Crippen LogP contribution in [0.2, 0.25) is 10.0 Å². The molecule has 0 spiro atoms. The highest BCUT2D eigenvalue weighted by Gasteiger charge is 2.06. The van der Waals surface area contributed by atoms with E-state index in [1.54, 1.807) is 0 Å². The maximum absolute atomic E-state index is 6.15. The van der Waals surface area contributed by atoms with Crippen LogP contribution in [-0.2, 0) is 13.1 Å². The maximum atomic E-state index is 6.15. The van der Waals surface area contributed by atoms with Crippen molar-refractivity contribution in [3.8, 4) is 0 Å². The highest BCUT2D eigenvalue weighted by molar-refractivity contribution is 6.35. The van der Waals surface area contributed by atoms with Crippen molar-refractivity contribution in [3.63, 3.8) is 0 Å². The van der Waals surface area contributed by atoms with E-state index in [1.165, 1.54) is 10.9 Å². The fraction of sp³-hybridized carbons (Fsp3) is 0.167. The van der Waals surface area contributed by atoms with Gasteiger partial charge in [0.1, 0.15) is 0 Å². The van der Waals surface area contributed by atoms with E-state index in [1.807, 2.05) is 36.5 Å². The predicted octanol–water partition coefficient (Wildman–Crippen LogP) is 5.09. The minimum Gasteiger partial charge on any atom is -0.347 e. The van der Waals surface area contributed by atoms with Crippen molar-refractivity contribution in [2.24, 2.45) is 5.10 Å². The standard InChI is InChI=1S/C18H17Cl2N3/c1-2-23-12-13(14-6-3-4-9-18(14)23)10-21-22-11-15-16(19)7-5-8-17(15)20/h3-10,12,22H,2,11H2,1H3/b21-10-. The van der Waals surface area contributed by atoms with Crippen LogP contribution in [0.3, 0.4) is 0 Å². The summed E-state index contributed by atoms with van der Waals surface area (Å²) in [5, 5.41) is 6.78. The Hall–Kier alpha value is -1.97. The second-order valence-corrected chi connectivity index (χ2v) is 6.00. The average Bonchev–Trinajstić information content (AvgIpc) is 2.92. The third-order valence-electron chi connectivity index (χ3n) is 3.77. The zero-order valence-electron chi connectivity index (χ0n) is 12.8. The Morgan fingerprint density at radius 1 is 1.09 bits per heavy atom. The Kier molecular flexibility index (Phi) is 4.89. The minimum absolute atomic E-state index is 0.488. The number of nitrogens with zero attached hydrogens (tertiary/aromatic N) is 2. The number of rotatable bonds is 5. The third kappa shape index (κ3) is 3.36. The van der Waals surface area contributed by atoms with Gasteiger partial charge in [-0.15, -0.1) is 0 Å². The SMILES string of the molecule is CCn1cc(/C=N\NCc2c(Cl)cccc2Cl)c2ccccc21. The molecule has 0 aliphatic rings. The van der Waals surface area contributed by atoms with Crippen LogP contribution in [-0.4, -0.2) is 10.8 Å². The number of aromatic nitrogens is 1. The van der Waals surface area contributed by atoms with Gasteiger partial charge >= 0.3 is 0 Å². The van der Waals surface area contributed by atoms with E-state index in [0.717, 1.165) is 17.7 Å². The van der Waals surface area contributed by atoms with Crippen LogP contribution in [0.15, 0.2) is 53.8 Å². The molecule has 118 valence electrons. The number of hydrogen-bond donors (Lipinski definition) is 1. The van der Waals surface area contributed by atoms with Gasteiger partial charge in [0.25, 0.3) is 0 Å². The molecule has 0 saturated heterocycles. The fourth-order valence-electron chi connectivity index (χ4n) is 2.58. The van der Waals surface area contributed by atoms with E-state index in [0.29, 0.717) is 16.6 Å². The van der Waals surface area contributed by atoms with Crippen molar-refractivity contribution < 1.29 is 0 Å². The summed E-state index contributed by atoms with van der Waals surface area (Å²) < 4.78 is 2.21. The van der Waals surface area contributed by atoms with Gasteiger partial charge in [-0.25, -0.2) is 0 Å². The molecular formula is C18H17Cl2N3. The fourth-order valence-corrected chi connectivity index (χ4v) is 3.11. The van der Waals surface area contributed by atoms with Crippen LogP contribution >= 0.6 is 23.2 Å². The van der Waals surface area contributed by atoms with E-state index in [4.69, 9.17) is 23.2 Å². The number of benzene rings is 2. The Bertz CT molecular complexity index is 832. The zero-order chi connectivity index (χ0) is 16.2. The zero-order valence-corrected chi connectivity index (χ0v) is 14.3. The summed E-state index contributed by atoms with van der Waals surface area (Å²) in [6.45, 7) is 3.55. The number of hydrazone groups is 1. The monoisotopic (exact) mass is 345 g/mol. The molecule has 3 nitrogen and oxygen atoms in total. The first kappa shape index (κ1) is 15.9. The lowest BCUT2D eigenvalue weighted by atomic mass is 10.2. The van der Waals surface area contributed by atoms with Gasteiger partial charge in [-0.2, -0.15) is 5.10 Å². The number of para-hydroxylation sites is 1. The molecule has 1 heterocycles. The molecule has 0 aliphatic heterocycles. The van der Waals surface area contributed by atoms with Crippen LogP contribution in [0.5, 0.6) is 0 Å². The van der Waals surface area contributed by atoms with Crippen LogP contribution < -0.4 is 5.43 Å². The van der Waals surface area contributed by atoms with Gasteiger partial charge in [-0.05, 0) is 25.1 Å². The van der Waals surface area contributed by atoms with Crippen molar-refractivity contribution in [3.05, 3.63) is 69.8 Å². The molecule has 1 N–H and O–H groups in total. The maximum Gasteiger partial charge on any atom is 0.0609 e. The van der Waals surface area contributed by atoms with Crippen molar-refractivity contribution in [1.29, 1.82) is 0 Å². The van der Waals surface area contributed by atoms with E-state index in [2.05, 4.69) is 40.3 Å². The summed E-state index contributed by atoms with van der Waals surface area (Å²) in [5.41, 5.74) is 6.16. The molecule has 0 fully saturated rings. The van der Waals surface area contributed by atoms with Gasteiger partial charge in [-0.3, -0.25) is 0 Å². The van der Waals surface area contributed by atoms with E-state index in [9.17, 15) is 0 Å². The molecule has 23 heavy (non-hydrogen) atoms. The smallest absolute Gasteiger partial charge is 0.0609 e. The van der Waals surface area contributed by atoms with Crippen LogP contribution in [0, 0.1) is 0 Å². The molecule has 0 radical (unpaired) electrons. The van der Waals surface area contributed by atoms with Gasteiger partial charge < -0.3 is 9.99 Å². The van der Waals surface area contributed by atoms with Gasteiger partial charge in [0.05, 0.1) is 12.8 Å². The summed E-state index contributed by atoms with van der Waals surface area (Å²) >= 11 is 12.3. The van der Waals surface area contributed by atoms with Crippen LogP contribution in [0.25, 0.3) is 10.9 Å². The molecule has 3 aromatic rings.